The van der Waals surface area contributed by atoms with Crippen molar-refractivity contribution < 1.29 is 0 Å². The van der Waals surface area contributed by atoms with Gasteiger partial charge in [-0.1, -0.05) is 31.7 Å². The minimum absolute atomic E-state index is 0.0864. The van der Waals surface area contributed by atoms with Crippen molar-refractivity contribution in [3.63, 3.8) is 0 Å². The van der Waals surface area contributed by atoms with Crippen molar-refractivity contribution in [1.82, 2.24) is 14.8 Å². The van der Waals surface area contributed by atoms with Gasteiger partial charge in [-0.15, -0.1) is 0 Å². The van der Waals surface area contributed by atoms with Gasteiger partial charge in [0.1, 0.15) is 0 Å². The summed E-state index contributed by atoms with van der Waals surface area (Å²) in [7, 11) is 1.90. The number of hydrogen-bond donors (Lipinski definition) is 1. The van der Waals surface area contributed by atoms with Gasteiger partial charge in [-0.25, -0.2) is 0 Å². The van der Waals surface area contributed by atoms with Gasteiger partial charge in [0.05, 0.1) is 0 Å². The van der Waals surface area contributed by atoms with Crippen LogP contribution in [0.5, 0.6) is 0 Å². The van der Waals surface area contributed by atoms with E-state index < -0.39 is 0 Å². The molecule has 1 aliphatic carbocycles. The van der Waals surface area contributed by atoms with E-state index in [-0.39, 0.29) is 5.56 Å². The third-order valence-corrected chi connectivity index (χ3v) is 6.34. The Hall–Kier alpha value is -1.78. The third kappa shape index (κ3) is 5.60. The van der Waals surface area contributed by atoms with Gasteiger partial charge in [0.25, 0.3) is 0 Å². The maximum absolute atomic E-state index is 11.7. The van der Waals surface area contributed by atoms with Crippen LogP contribution in [0.25, 0.3) is 0 Å². The van der Waals surface area contributed by atoms with E-state index in [1.807, 2.05) is 19.3 Å². The summed E-state index contributed by atoms with van der Waals surface area (Å²) in [5.74, 6) is 1.06. The molecule has 1 spiro atoms. The van der Waals surface area contributed by atoms with Gasteiger partial charge in [0, 0.05) is 45.5 Å². The van der Waals surface area contributed by atoms with Gasteiger partial charge >= 0.3 is 0 Å². The highest BCUT2D eigenvalue weighted by Gasteiger charge is 2.36. The van der Waals surface area contributed by atoms with E-state index in [4.69, 9.17) is 0 Å². The number of piperidine rings is 1. The van der Waals surface area contributed by atoms with Crippen molar-refractivity contribution in [2.75, 3.05) is 26.7 Å². The van der Waals surface area contributed by atoms with E-state index in [9.17, 15) is 4.79 Å². The Morgan fingerprint density at radius 1 is 1.11 bits per heavy atom. The molecule has 0 bridgehead atoms. The number of guanidine groups is 1. The van der Waals surface area contributed by atoms with Crippen molar-refractivity contribution in [2.24, 2.45) is 10.4 Å². The summed E-state index contributed by atoms with van der Waals surface area (Å²) in [4.78, 5) is 18.8. The van der Waals surface area contributed by atoms with E-state index in [2.05, 4.69) is 15.2 Å². The first-order valence-corrected chi connectivity index (χ1v) is 10.8. The quantitative estimate of drug-likeness (QED) is 0.488. The molecule has 1 saturated heterocycles. The highest BCUT2D eigenvalue weighted by Crippen LogP contribution is 2.42. The SMILES string of the molecule is CN=C(NCCCCn1ccccc1=O)N1CCCC2(CCCCCC2)C1. The Morgan fingerprint density at radius 2 is 1.89 bits per heavy atom. The van der Waals surface area contributed by atoms with Crippen LogP contribution in [0.4, 0.5) is 0 Å². The average Bonchev–Trinajstić information content (AvgIpc) is 2.91. The number of pyridine rings is 1. The smallest absolute Gasteiger partial charge is 0.250 e. The Bertz CT molecular complexity index is 658. The van der Waals surface area contributed by atoms with Crippen molar-refractivity contribution >= 4 is 5.96 Å². The lowest BCUT2D eigenvalue weighted by atomic mass is 9.74. The van der Waals surface area contributed by atoms with Gasteiger partial charge in [-0.3, -0.25) is 9.79 Å². The minimum atomic E-state index is 0.0864. The lowest BCUT2D eigenvalue weighted by molar-refractivity contribution is 0.115. The van der Waals surface area contributed by atoms with E-state index in [0.717, 1.165) is 38.4 Å². The number of nitrogens with one attached hydrogen (secondary N) is 1. The fourth-order valence-corrected chi connectivity index (χ4v) is 4.86. The maximum Gasteiger partial charge on any atom is 0.250 e. The molecule has 0 aromatic carbocycles. The Labute approximate surface area is 163 Å². The molecule has 1 aromatic rings. The van der Waals surface area contributed by atoms with Crippen LogP contribution >= 0.6 is 0 Å². The molecule has 150 valence electrons. The number of aliphatic imine (C=N–C) groups is 1. The van der Waals surface area contributed by atoms with E-state index in [1.165, 1.54) is 57.9 Å². The first-order valence-electron chi connectivity index (χ1n) is 10.8. The number of nitrogens with zero attached hydrogens (tertiary/aromatic N) is 3. The van der Waals surface area contributed by atoms with Crippen LogP contribution in [0.15, 0.2) is 34.2 Å². The molecule has 2 fully saturated rings. The number of aromatic nitrogens is 1. The summed E-state index contributed by atoms with van der Waals surface area (Å²) >= 11 is 0. The zero-order valence-corrected chi connectivity index (χ0v) is 17.0. The molecule has 5 nitrogen and oxygen atoms in total. The molecule has 0 radical (unpaired) electrons. The minimum Gasteiger partial charge on any atom is -0.356 e. The first-order chi connectivity index (χ1) is 13.2. The second kappa shape index (κ2) is 9.95. The molecule has 0 unspecified atom stereocenters. The predicted molar refractivity (Wildman–Crippen MR) is 112 cm³/mol. The van der Waals surface area contributed by atoms with Gasteiger partial charge in [-0.05, 0) is 50.0 Å². The largest absolute Gasteiger partial charge is 0.356 e. The van der Waals surface area contributed by atoms with Crippen LogP contribution in [-0.4, -0.2) is 42.1 Å². The Morgan fingerprint density at radius 3 is 2.63 bits per heavy atom. The number of aryl methyl sites for hydroxylation is 1. The lowest BCUT2D eigenvalue weighted by Crippen LogP contribution is -2.50. The van der Waals surface area contributed by atoms with Crippen LogP contribution in [0.2, 0.25) is 0 Å². The maximum atomic E-state index is 11.7. The zero-order valence-electron chi connectivity index (χ0n) is 17.0. The van der Waals surface area contributed by atoms with E-state index in [0.29, 0.717) is 5.41 Å². The molecule has 1 N–H and O–H groups in total. The molecular formula is C22H36N4O. The number of rotatable bonds is 5. The highest BCUT2D eigenvalue weighted by molar-refractivity contribution is 5.80. The molecule has 0 atom stereocenters. The van der Waals surface area contributed by atoms with Crippen molar-refractivity contribution in [1.29, 1.82) is 0 Å². The van der Waals surface area contributed by atoms with Crippen LogP contribution in [0.3, 0.4) is 0 Å². The number of hydrogen-bond acceptors (Lipinski definition) is 2. The van der Waals surface area contributed by atoms with Crippen molar-refractivity contribution in [3.05, 3.63) is 34.7 Å². The van der Waals surface area contributed by atoms with Gasteiger partial charge in [0.2, 0.25) is 5.56 Å². The van der Waals surface area contributed by atoms with E-state index in [1.54, 1.807) is 16.7 Å². The first kappa shape index (κ1) is 20.0. The summed E-state index contributed by atoms with van der Waals surface area (Å²) < 4.78 is 1.79. The van der Waals surface area contributed by atoms with Crippen LogP contribution in [0.1, 0.15) is 64.2 Å². The Kier molecular flexibility index (Phi) is 7.36. The summed E-state index contributed by atoms with van der Waals surface area (Å²) in [5.41, 5.74) is 0.615. The molecule has 27 heavy (non-hydrogen) atoms. The molecule has 1 aliphatic heterocycles. The van der Waals surface area contributed by atoms with Crippen LogP contribution in [-0.2, 0) is 6.54 Å². The van der Waals surface area contributed by atoms with Crippen molar-refractivity contribution in [2.45, 2.75) is 70.8 Å². The zero-order chi connectivity index (χ0) is 19.0. The average molecular weight is 373 g/mol. The summed E-state index contributed by atoms with van der Waals surface area (Å²) in [6, 6.07) is 5.34. The molecule has 5 heteroatoms. The topological polar surface area (TPSA) is 49.6 Å². The normalized spacial score (nSPS) is 20.5. The molecule has 3 rings (SSSR count). The van der Waals surface area contributed by atoms with Gasteiger partial charge in [0.15, 0.2) is 5.96 Å². The predicted octanol–water partition coefficient (Wildman–Crippen LogP) is 3.64. The van der Waals surface area contributed by atoms with Gasteiger partial charge < -0.3 is 14.8 Å². The standard InChI is InChI=1S/C22H36N4O/c1-23-21(24-15-7-9-17-25-16-8-4-11-20(25)27)26-18-10-14-22(19-26)12-5-2-3-6-13-22/h4,8,11,16H,2-3,5-7,9-10,12-15,17-19H2,1H3,(H,23,24). The second-order valence-corrected chi connectivity index (χ2v) is 8.35. The number of unbranched alkanes of at least 4 members (excludes halogenated alkanes) is 1. The monoisotopic (exact) mass is 372 g/mol. The van der Waals surface area contributed by atoms with E-state index >= 15 is 0 Å². The third-order valence-electron chi connectivity index (χ3n) is 6.34. The van der Waals surface area contributed by atoms with Crippen molar-refractivity contribution in [3.8, 4) is 0 Å². The summed E-state index contributed by atoms with van der Waals surface area (Å²) in [6.45, 7) is 4.00. The fraction of sp³-hybridized carbons (Fsp3) is 0.727. The van der Waals surface area contributed by atoms with Crippen LogP contribution < -0.4 is 10.9 Å². The summed E-state index contributed by atoms with van der Waals surface area (Å²) in [5, 5.41) is 3.57. The molecule has 2 aliphatic rings. The number of likely N-dealkylation sites (tertiary alicyclic amines) is 1. The Balaban J connectivity index is 1.44. The molecule has 0 amide bonds. The molecule has 1 aromatic heterocycles. The van der Waals surface area contributed by atoms with Crippen LogP contribution in [0, 0.1) is 5.41 Å². The lowest BCUT2D eigenvalue weighted by Gasteiger charge is -2.44. The summed E-state index contributed by atoms with van der Waals surface area (Å²) in [6.07, 6.45) is 15.0. The van der Waals surface area contributed by atoms with Gasteiger partial charge in [-0.2, -0.15) is 0 Å². The second-order valence-electron chi connectivity index (χ2n) is 8.35. The fourth-order valence-electron chi connectivity index (χ4n) is 4.86. The molecular weight excluding hydrogens is 336 g/mol. The highest BCUT2D eigenvalue weighted by atomic mass is 16.1. The molecule has 2 heterocycles. The molecule has 1 saturated carbocycles.